The van der Waals surface area contributed by atoms with Gasteiger partial charge >= 0.3 is 5.97 Å². The van der Waals surface area contributed by atoms with Gasteiger partial charge < -0.3 is 9.47 Å². The van der Waals surface area contributed by atoms with Crippen LogP contribution in [0.4, 0.5) is 0 Å². The zero-order chi connectivity index (χ0) is 12.7. The van der Waals surface area contributed by atoms with Crippen LogP contribution in [0.5, 0.6) is 5.75 Å². The third-order valence-corrected chi connectivity index (χ3v) is 2.05. The van der Waals surface area contributed by atoms with Crippen LogP contribution in [0.15, 0.2) is 30.3 Å². The maximum atomic E-state index is 11.2. The van der Waals surface area contributed by atoms with Crippen LogP contribution >= 0.6 is 0 Å². The van der Waals surface area contributed by atoms with Crippen LogP contribution in [0.2, 0.25) is 0 Å². The van der Waals surface area contributed by atoms with E-state index in [0.29, 0.717) is 5.75 Å². The predicted molar refractivity (Wildman–Crippen MR) is 62.7 cm³/mol. The quantitative estimate of drug-likeness (QED) is 0.429. The Balaban J connectivity index is 2.21. The van der Waals surface area contributed by atoms with Gasteiger partial charge in [0.2, 0.25) is 5.78 Å². The minimum atomic E-state index is -0.795. The first-order valence-electron chi connectivity index (χ1n) is 5.50. The lowest BCUT2D eigenvalue weighted by Crippen LogP contribution is -2.24. The van der Waals surface area contributed by atoms with Crippen molar-refractivity contribution in [2.45, 2.75) is 13.8 Å². The lowest BCUT2D eigenvalue weighted by Gasteiger charge is -2.07. The van der Waals surface area contributed by atoms with Gasteiger partial charge in [-0.1, -0.05) is 32.0 Å². The number of ether oxygens (including phenoxy) is 2. The van der Waals surface area contributed by atoms with E-state index in [1.165, 1.54) is 0 Å². The first kappa shape index (κ1) is 13.2. The zero-order valence-corrected chi connectivity index (χ0v) is 10.0. The molecular formula is C13H16O4. The second kappa shape index (κ2) is 6.68. The van der Waals surface area contributed by atoms with Crippen LogP contribution in [0.1, 0.15) is 13.8 Å². The van der Waals surface area contributed by atoms with Crippen molar-refractivity contribution in [1.82, 2.24) is 0 Å². The molecule has 0 atom stereocenters. The fourth-order valence-corrected chi connectivity index (χ4v) is 1.12. The number of hydrogen-bond acceptors (Lipinski definition) is 4. The van der Waals surface area contributed by atoms with Crippen molar-refractivity contribution in [3.8, 4) is 5.75 Å². The topological polar surface area (TPSA) is 52.6 Å². The average molecular weight is 236 g/mol. The van der Waals surface area contributed by atoms with Crippen molar-refractivity contribution < 1.29 is 19.1 Å². The van der Waals surface area contributed by atoms with E-state index in [9.17, 15) is 9.59 Å². The molecule has 0 aliphatic rings. The second-order valence-corrected chi connectivity index (χ2v) is 3.82. The highest BCUT2D eigenvalue weighted by atomic mass is 16.6. The predicted octanol–water partition coefficient (Wildman–Crippen LogP) is 1.83. The van der Waals surface area contributed by atoms with Gasteiger partial charge in [-0.25, -0.2) is 4.79 Å². The van der Waals surface area contributed by atoms with Gasteiger partial charge in [-0.3, -0.25) is 4.79 Å². The van der Waals surface area contributed by atoms with E-state index in [1.807, 2.05) is 18.2 Å². The molecule has 0 saturated carbocycles. The number of carbonyl (C=O) groups is 2. The molecule has 0 aliphatic heterocycles. The van der Waals surface area contributed by atoms with E-state index >= 15 is 0 Å². The van der Waals surface area contributed by atoms with Crippen LogP contribution in [0.25, 0.3) is 0 Å². The first-order chi connectivity index (χ1) is 8.11. The van der Waals surface area contributed by atoms with Crippen LogP contribution < -0.4 is 4.74 Å². The average Bonchev–Trinajstić information content (AvgIpc) is 2.34. The Morgan fingerprint density at radius 1 is 1.12 bits per heavy atom. The number of ketones is 1. The third kappa shape index (κ3) is 4.68. The van der Waals surface area contributed by atoms with E-state index in [1.54, 1.807) is 26.0 Å². The number of para-hydroxylation sites is 1. The Labute approximate surface area is 101 Å². The number of benzene rings is 1. The molecule has 4 heteroatoms. The van der Waals surface area contributed by atoms with E-state index in [-0.39, 0.29) is 19.1 Å². The van der Waals surface area contributed by atoms with Crippen LogP contribution in [0, 0.1) is 5.92 Å². The molecule has 17 heavy (non-hydrogen) atoms. The van der Waals surface area contributed by atoms with Crippen LogP contribution in [-0.4, -0.2) is 25.0 Å². The fraction of sp³-hybridized carbons (Fsp3) is 0.385. The molecule has 0 radical (unpaired) electrons. The number of hydrogen-bond donors (Lipinski definition) is 0. The normalized spacial score (nSPS) is 10.1. The summed E-state index contributed by atoms with van der Waals surface area (Å²) in [4.78, 5) is 22.4. The third-order valence-electron chi connectivity index (χ3n) is 2.05. The highest BCUT2D eigenvalue weighted by molar-refractivity contribution is 6.34. The summed E-state index contributed by atoms with van der Waals surface area (Å²) >= 11 is 0. The Bertz CT molecular complexity index is 370. The molecule has 4 nitrogen and oxygen atoms in total. The lowest BCUT2D eigenvalue weighted by atomic mass is 10.1. The molecule has 0 saturated heterocycles. The molecule has 92 valence electrons. The van der Waals surface area contributed by atoms with Crippen molar-refractivity contribution in [3.63, 3.8) is 0 Å². The molecular weight excluding hydrogens is 220 g/mol. The Kier molecular flexibility index (Phi) is 5.20. The Morgan fingerprint density at radius 2 is 1.76 bits per heavy atom. The molecule has 1 aromatic rings. The minimum Gasteiger partial charge on any atom is -0.490 e. The SMILES string of the molecule is CC(C)C(=O)C(=O)OCCOc1ccccc1. The van der Waals surface area contributed by atoms with E-state index in [4.69, 9.17) is 9.47 Å². The van der Waals surface area contributed by atoms with Gasteiger partial charge in [0.1, 0.15) is 19.0 Å². The molecule has 0 N–H and O–H groups in total. The molecule has 0 aliphatic carbocycles. The molecule has 0 aromatic heterocycles. The van der Waals surface area contributed by atoms with E-state index in [2.05, 4.69) is 0 Å². The monoisotopic (exact) mass is 236 g/mol. The molecule has 0 heterocycles. The summed E-state index contributed by atoms with van der Waals surface area (Å²) in [7, 11) is 0. The summed E-state index contributed by atoms with van der Waals surface area (Å²) < 4.78 is 10.1. The molecule has 1 aromatic carbocycles. The number of Topliss-reactive ketones (excluding diaryl/α,β-unsaturated/α-hetero) is 1. The van der Waals surface area contributed by atoms with Gasteiger partial charge in [0, 0.05) is 5.92 Å². The highest BCUT2D eigenvalue weighted by Crippen LogP contribution is 2.07. The smallest absolute Gasteiger partial charge is 0.374 e. The van der Waals surface area contributed by atoms with E-state index < -0.39 is 11.8 Å². The summed E-state index contributed by atoms with van der Waals surface area (Å²) in [5.74, 6) is -0.933. The number of carbonyl (C=O) groups excluding carboxylic acids is 2. The number of esters is 1. The summed E-state index contributed by atoms with van der Waals surface area (Å²) in [6, 6.07) is 9.20. The molecule has 0 bridgehead atoms. The van der Waals surface area contributed by atoms with Crippen LogP contribution in [0.3, 0.4) is 0 Å². The Morgan fingerprint density at radius 3 is 2.35 bits per heavy atom. The standard InChI is InChI=1S/C13H16O4/c1-10(2)12(14)13(15)17-9-8-16-11-6-4-3-5-7-11/h3-7,10H,8-9H2,1-2H3. The van der Waals surface area contributed by atoms with Gasteiger partial charge in [0.05, 0.1) is 0 Å². The Hall–Kier alpha value is -1.84. The van der Waals surface area contributed by atoms with Gasteiger partial charge in [-0.05, 0) is 12.1 Å². The van der Waals surface area contributed by atoms with Crippen molar-refractivity contribution in [2.24, 2.45) is 5.92 Å². The van der Waals surface area contributed by atoms with Crippen molar-refractivity contribution in [3.05, 3.63) is 30.3 Å². The lowest BCUT2D eigenvalue weighted by molar-refractivity contribution is -0.155. The second-order valence-electron chi connectivity index (χ2n) is 3.82. The van der Waals surface area contributed by atoms with Gasteiger partial charge in [-0.2, -0.15) is 0 Å². The van der Waals surface area contributed by atoms with Gasteiger partial charge in [0.15, 0.2) is 0 Å². The summed E-state index contributed by atoms with van der Waals surface area (Å²) in [5, 5.41) is 0. The number of rotatable bonds is 6. The van der Waals surface area contributed by atoms with E-state index in [0.717, 1.165) is 0 Å². The fourth-order valence-electron chi connectivity index (χ4n) is 1.12. The van der Waals surface area contributed by atoms with Gasteiger partial charge in [0.25, 0.3) is 0 Å². The minimum absolute atomic E-state index is 0.0756. The molecule has 0 unspecified atom stereocenters. The highest BCUT2D eigenvalue weighted by Gasteiger charge is 2.18. The summed E-state index contributed by atoms with van der Waals surface area (Å²) in [6.45, 7) is 3.63. The molecule has 0 spiro atoms. The van der Waals surface area contributed by atoms with Crippen molar-refractivity contribution in [2.75, 3.05) is 13.2 Å². The largest absolute Gasteiger partial charge is 0.490 e. The molecule has 0 fully saturated rings. The maximum absolute atomic E-state index is 11.2. The molecule has 0 amide bonds. The first-order valence-corrected chi connectivity index (χ1v) is 5.50. The summed E-state index contributed by atoms with van der Waals surface area (Å²) in [5.41, 5.74) is 0. The zero-order valence-electron chi connectivity index (χ0n) is 10.0. The maximum Gasteiger partial charge on any atom is 0.374 e. The van der Waals surface area contributed by atoms with Gasteiger partial charge in [-0.15, -0.1) is 0 Å². The van der Waals surface area contributed by atoms with Crippen molar-refractivity contribution in [1.29, 1.82) is 0 Å². The summed E-state index contributed by atoms with van der Waals surface area (Å²) in [6.07, 6.45) is 0. The van der Waals surface area contributed by atoms with Crippen molar-refractivity contribution >= 4 is 11.8 Å². The van der Waals surface area contributed by atoms with Crippen LogP contribution in [-0.2, 0) is 14.3 Å². The molecule has 1 rings (SSSR count).